The number of hydrogen-bond acceptors (Lipinski definition) is 5. The molecule has 1 fully saturated rings. The highest BCUT2D eigenvalue weighted by Gasteiger charge is 2.32. The van der Waals surface area contributed by atoms with Crippen molar-refractivity contribution in [2.24, 2.45) is 0 Å². The molecule has 1 saturated heterocycles. The lowest BCUT2D eigenvalue weighted by atomic mass is 10.1. The number of hydrogen-bond donors (Lipinski definition) is 1. The van der Waals surface area contributed by atoms with Crippen LogP contribution in [-0.2, 0) is 4.74 Å². The van der Waals surface area contributed by atoms with E-state index in [1.165, 1.54) is 0 Å². The molecule has 0 bridgehead atoms. The predicted molar refractivity (Wildman–Crippen MR) is 81.3 cm³/mol. The normalized spacial score (nSPS) is 22.1. The zero-order valence-electron chi connectivity index (χ0n) is 13.0. The molecular formula is C15H25N3O2. The number of ether oxygens (including phenoxy) is 2. The van der Waals surface area contributed by atoms with E-state index in [1.807, 2.05) is 26.0 Å². The maximum atomic E-state index is 5.92. The van der Waals surface area contributed by atoms with Crippen LogP contribution in [0.2, 0.25) is 0 Å². The lowest BCUT2D eigenvalue weighted by Gasteiger charge is -2.42. The van der Waals surface area contributed by atoms with Crippen LogP contribution in [-0.4, -0.2) is 35.9 Å². The number of anilines is 2. The summed E-state index contributed by atoms with van der Waals surface area (Å²) in [5.41, 5.74) is 6.31. The van der Waals surface area contributed by atoms with Gasteiger partial charge in [0.2, 0.25) is 5.88 Å². The molecule has 0 spiro atoms. The Balaban J connectivity index is 2.24. The molecule has 1 aliphatic heterocycles. The van der Waals surface area contributed by atoms with E-state index in [-0.39, 0.29) is 17.8 Å². The van der Waals surface area contributed by atoms with Gasteiger partial charge in [-0.25, -0.2) is 0 Å². The Bertz CT molecular complexity index is 474. The van der Waals surface area contributed by atoms with Gasteiger partial charge in [-0.1, -0.05) is 0 Å². The number of nitrogens with zero attached hydrogens (tertiary/aromatic N) is 2. The molecule has 1 aliphatic rings. The number of aromatic nitrogens is 1. The Hall–Kier alpha value is -1.49. The highest BCUT2D eigenvalue weighted by Crippen LogP contribution is 2.28. The minimum absolute atomic E-state index is 0.0557. The molecule has 5 nitrogen and oxygen atoms in total. The standard InChI is InChI=1S/C15H25N3O2/c1-10(2)19-14-12(16)6-7-13(17-14)18-8-11(3)20-15(4,5)9-18/h6-7,10-11H,8-9,16H2,1-5H3. The maximum absolute atomic E-state index is 5.92. The molecule has 20 heavy (non-hydrogen) atoms. The number of nitrogens with two attached hydrogens (primary N) is 1. The second-order valence-electron chi connectivity index (χ2n) is 6.30. The maximum Gasteiger partial charge on any atom is 0.239 e. The summed E-state index contributed by atoms with van der Waals surface area (Å²) in [5, 5.41) is 0. The minimum atomic E-state index is -0.181. The fraction of sp³-hybridized carbons (Fsp3) is 0.667. The third kappa shape index (κ3) is 3.54. The molecule has 1 unspecified atom stereocenters. The van der Waals surface area contributed by atoms with Crippen LogP contribution in [0.3, 0.4) is 0 Å². The van der Waals surface area contributed by atoms with Crippen molar-refractivity contribution in [3.63, 3.8) is 0 Å². The van der Waals surface area contributed by atoms with Gasteiger partial charge < -0.3 is 20.1 Å². The molecule has 2 heterocycles. The Morgan fingerprint density at radius 3 is 2.75 bits per heavy atom. The summed E-state index contributed by atoms with van der Waals surface area (Å²) < 4.78 is 11.6. The van der Waals surface area contributed by atoms with Crippen LogP contribution < -0.4 is 15.4 Å². The Morgan fingerprint density at radius 2 is 2.15 bits per heavy atom. The van der Waals surface area contributed by atoms with E-state index in [1.54, 1.807) is 0 Å². The molecule has 0 saturated carbocycles. The van der Waals surface area contributed by atoms with E-state index < -0.39 is 0 Å². The summed E-state index contributed by atoms with van der Waals surface area (Å²) in [6, 6.07) is 3.80. The molecule has 1 aromatic rings. The van der Waals surface area contributed by atoms with E-state index in [9.17, 15) is 0 Å². The zero-order valence-corrected chi connectivity index (χ0v) is 13.0. The van der Waals surface area contributed by atoms with Crippen LogP contribution in [0.5, 0.6) is 5.88 Å². The quantitative estimate of drug-likeness (QED) is 0.921. The summed E-state index contributed by atoms with van der Waals surface area (Å²) in [6.07, 6.45) is 0.229. The highest BCUT2D eigenvalue weighted by molar-refractivity contribution is 5.55. The van der Waals surface area contributed by atoms with Crippen molar-refractivity contribution in [1.29, 1.82) is 0 Å². The van der Waals surface area contributed by atoms with Crippen LogP contribution >= 0.6 is 0 Å². The van der Waals surface area contributed by atoms with Crippen LogP contribution in [0.1, 0.15) is 34.6 Å². The Morgan fingerprint density at radius 1 is 1.45 bits per heavy atom. The van der Waals surface area contributed by atoms with Gasteiger partial charge in [0.15, 0.2) is 0 Å². The smallest absolute Gasteiger partial charge is 0.239 e. The van der Waals surface area contributed by atoms with Gasteiger partial charge in [-0.15, -0.1) is 0 Å². The molecule has 5 heteroatoms. The molecule has 2 N–H and O–H groups in total. The molecule has 2 rings (SSSR count). The zero-order chi connectivity index (χ0) is 14.9. The van der Waals surface area contributed by atoms with Crippen LogP contribution in [0, 0.1) is 0 Å². The van der Waals surface area contributed by atoms with Crippen molar-refractivity contribution in [2.45, 2.75) is 52.4 Å². The van der Waals surface area contributed by atoms with Gasteiger partial charge in [-0.2, -0.15) is 4.98 Å². The van der Waals surface area contributed by atoms with E-state index in [0.717, 1.165) is 18.9 Å². The summed E-state index contributed by atoms with van der Waals surface area (Å²) >= 11 is 0. The molecule has 1 aromatic heterocycles. The van der Waals surface area contributed by atoms with Gasteiger partial charge in [0, 0.05) is 13.1 Å². The van der Waals surface area contributed by atoms with Crippen molar-refractivity contribution in [3.05, 3.63) is 12.1 Å². The Labute approximate surface area is 121 Å². The summed E-state index contributed by atoms with van der Waals surface area (Å²) in [4.78, 5) is 6.78. The third-order valence-corrected chi connectivity index (χ3v) is 3.12. The van der Waals surface area contributed by atoms with Crippen molar-refractivity contribution >= 4 is 11.5 Å². The molecular weight excluding hydrogens is 254 g/mol. The lowest BCUT2D eigenvalue weighted by Crippen LogP contribution is -2.52. The topological polar surface area (TPSA) is 60.6 Å². The van der Waals surface area contributed by atoms with E-state index >= 15 is 0 Å². The van der Waals surface area contributed by atoms with Gasteiger partial charge in [0.1, 0.15) is 5.82 Å². The summed E-state index contributed by atoms with van der Waals surface area (Å²) in [6.45, 7) is 11.8. The van der Waals surface area contributed by atoms with Crippen molar-refractivity contribution < 1.29 is 9.47 Å². The SMILES string of the molecule is CC(C)Oc1nc(N2CC(C)OC(C)(C)C2)ccc1N. The first-order valence-electron chi connectivity index (χ1n) is 7.13. The fourth-order valence-corrected chi connectivity index (χ4v) is 2.56. The summed E-state index contributed by atoms with van der Waals surface area (Å²) in [7, 11) is 0. The second kappa shape index (κ2) is 5.48. The fourth-order valence-electron chi connectivity index (χ4n) is 2.56. The second-order valence-corrected chi connectivity index (χ2v) is 6.30. The van der Waals surface area contributed by atoms with E-state index in [2.05, 4.69) is 30.7 Å². The third-order valence-electron chi connectivity index (χ3n) is 3.12. The van der Waals surface area contributed by atoms with Gasteiger partial charge in [-0.3, -0.25) is 0 Å². The van der Waals surface area contributed by atoms with Crippen LogP contribution in [0.25, 0.3) is 0 Å². The van der Waals surface area contributed by atoms with Crippen LogP contribution in [0.15, 0.2) is 12.1 Å². The first-order chi connectivity index (χ1) is 9.27. The van der Waals surface area contributed by atoms with Gasteiger partial charge >= 0.3 is 0 Å². The van der Waals surface area contributed by atoms with Gasteiger partial charge in [-0.05, 0) is 46.8 Å². The molecule has 1 atom stereocenters. The first-order valence-corrected chi connectivity index (χ1v) is 7.13. The molecule has 0 radical (unpaired) electrons. The molecule has 0 amide bonds. The van der Waals surface area contributed by atoms with Crippen molar-refractivity contribution in [2.75, 3.05) is 23.7 Å². The Kier molecular flexibility index (Phi) is 4.09. The van der Waals surface area contributed by atoms with Crippen molar-refractivity contribution in [3.8, 4) is 5.88 Å². The summed E-state index contributed by atoms with van der Waals surface area (Å²) in [5.74, 6) is 1.40. The average molecular weight is 279 g/mol. The minimum Gasteiger partial charge on any atom is -0.473 e. The molecule has 0 aliphatic carbocycles. The number of pyridine rings is 1. The first kappa shape index (κ1) is 14.9. The predicted octanol–water partition coefficient (Wildman–Crippen LogP) is 2.45. The lowest BCUT2D eigenvalue weighted by molar-refractivity contribution is -0.0752. The average Bonchev–Trinajstić information content (AvgIpc) is 2.28. The van der Waals surface area contributed by atoms with Crippen molar-refractivity contribution in [1.82, 2.24) is 4.98 Å². The monoisotopic (exact) mass is 279 g/mol. The largest absolute Gasteiger partial charge is 0.473 e. The van der Waals surface area contributed by atoms with E-state index in [0.29, 0.717) is 11.6 Å². The number of nitrogen functional groups attached to an aromatic ring is 1. The molecule has 0 aromatic carbocycles. The highest BCUT2D eigenvalue weighted by atomic mass is 16.5. The van der Waals surface area contributed by atoms with Gasteiger partial charge in [0.25, 0.3) is 0 Å². The number of rotatable bonds is 3. The molecule has 112 valence electrons. The number of morpholine rings is 1. The van der Waals surface area contributed by atoms with Crippen LogP contribution in [0.4, 0.5) is 11.5 Å². The van der Waals surface area contributed by atoms with E-state index in [4.69, 9.17) is 15.2 Å². The van der Waals surface area contributed by atoms with Gasteiger partial charge in [0.05, 0.1) is 23.5 Å².